The molecule has 2 amide bonds. The summed E-state index contributed by atoms with van der Waals surface area (Å²) in [5.74, 6) is -5.44. The van der Waals surface area contributed by atoms with Gasteiger partial charge in [0.05, 0.1) is 22.4 Å². The number of rotatable bonds is 9. The van der Waals surface area contributed by atoms with Crippen LogP contribution in [0.1, 0.15) is 56.1 Å². The van der Waals surface area contributed by atoms with Crippen molar-refractivity contribution in [2.24, 2.45) is 5.92 Å². The summed E-state index contributed by atoms with van der Waals surface area (Å²) in [6.45, 7) is 2.72. The fourth-order valence-corrected chi connectivity index (χ4v) is 9.51. The molecular weight excluding hydrogens is 826 g/mol. The van der Waals surface area contributed by atoms with E-state index in [0.717, 1.165) is 55.1 Å². The van der Waals surface area contributed by atoms with Crippen LogP contribution >= 0.6 is 11.3 Å². The Bertz CT molecular complexity index is 2840. The van der Waals surface area contributed by atoms with Crippen LogP contribution in [-0.4, -0.2) is 57.7 Å². The number of alkyl halides is 5. The van der Waals surface area contributed by atoms with E-state index >= 15 is 8.78 Å². The first kappa shape index (κ1) is 38.9. The predicted octanol–water partition coefficient (Wildman–Crippen LogP) is 7.09. The molecule has 1 fully saturated rings. The zero-order valence-electron chi connectivity index (χ0n) is 31.6. The molecule has 3 N–H and O–H groups in total. The van der Waals surface area contributed by atoms with Gasteiger partial charge in [-0.15, -0.1) is 11.3 Å². The van der Waals surface area contributed by atoms with Crippen LogP contribution in [0.25, 0.3) is 32.0 Å². The van der Waals surface area contributed by atoms with Gasteiger partial charge in [0, 0.05) is 66.7 Å². The second-order valence-corrected chi connectivity index (χ2v) is 16.4. The Morgan fingerprint density at radius 1 is 0.951 bits per heavy atom. The summed E-state index contributed by atoms with van der Waals surface area (Å²) in [7, 11) is 0. The Balaban J connectivity index is 1.07. The Morgan fingerprint density at radius 3 is 2.39 bits per heavy atom. The Kier molecular flexibility index (Phi) is 9.18. The molecule has 0 bridgehead atoms. The lowest BCUT2D eigenvalue weighted by Gasteiger charge is -2.29. The largest absolute Gasteiger partial charge is 0.435 e. The minimum atomic E-state index is -5.11. The molecule has 5 heterocycles. The molecular formula is C43H31F7N8O2S. The molecule has 0 radical (unpaired) electrons. The third-order valence-electron chi connectivity index (χ3n) is 11.4. The third kappa shape index (κ3) is 6.85. The number of nitrogens with one attached hydrogen (secondary N) is 3. The maximum atomic E-state index is 15.6. The Labute approximate surface area is 346 Å². The molecule has 3 atom stereocenters. The molecule has 310 valence electrons. The topological polar surface area (TPSA) is 117 Å². The highest BCUT2D eigenvalue weighted by Crippen LogP contribution is 2.58. The molecule has 2 aliphatic heterocycles. The van der Waals surface area contributed by atoms with Crippen molar-refractivity contribution in [3.63, 3.8) is 0 Å². The summed E-state index contributed by atoms with van der Waals surface area (Å²) in [5.41, 5.74) is 1.01. The van der Waals surface area contributed by atoms with E-state index in [4.69, 9.17) is 9.97 Å². The quantitative estimate of drug-likeness (QED) is 0.105. The van der Waals surface area contributed by atoms with E-state index in [1.165, 1.54) is 11.3 Å². The number of amides is 2. The maximum absolute atomic E-state index is 15.6. The number of hydrogen-bond acceptors (Lipinski definition) is 8. The van der Waals surface area contributed by atoms with Crippen molar-refractivity contribution < 1.29 is 40.3 Å². The normalized spacial score (nSPS) is 19.1. The van der Waals surface area contributed by atoms with E-state index in [-0.39, 0.29) is 29.2 Å². The van der Waals surface area contributed by atoms with E-state index in [0.29, 0.717) is 43.7 Å². The van der Waals surface area contributed by atoms with E-state index in [1.54, 1.807) is 24.3 Å². The summed E-state index contributed by atoms with van der Waals surface area (Å²) in [6, 6.07) is 16.4. The van der Waals surface area contributed by atoms with E-state index in [9.17, 15) is 31.5 Å². The molecule has 6 aromatic rings. The van der Waals surface area contributed by atoms with Crippen LogP contribution in [0.4, 0.5) is 36.4 Å². The summed E-state index contributed by atoms with van der Waals surface area (Å²) >= 11 is 1.34. The smallest absolute Gasteiger partial charge is 0.369 e. The monoisotopic (exact) mass is 856 g/mol. The van der Waals surface area contributed by atoms with E-state index in [1.807, 2.05) is 24.3 Å². The second-order valence-electron chi connectivity index (χ2n) is 15.3. The number of carbonyl (C=O) groups is 2. The maximum Gasteiger partial charge on any atom is 0.435 e. The predicted molar refractivity (Wildman–Crippen MR) is 211 cm³/mol. The molecule has 0 spiro atoms. The number of aromatic nitrogens is 4. The molecule has 1 saturated heterocycles. The lowest BCUT2D eigenvalue weighted by molar-refractivity contribution is -0.142. The first-order valence-electron chi connectivity index (χ1n) is 19.3. The van der Waals surface area contributed by atoms with Gasteiger partial charge in [0.1, 0.15) is 34.8 Å². The van der Waals surface area contributed by atoms with Crippen LogP contribution in [0.5, 0.6) is 0 Å². The highest BCUT2D eigenvalue weighted by atomic mass is 32.1. The highest BCUT2D eigenvalue weighted by molar-refractivity contribution is 7.21. The summed E-state index contributed by atoms with van der Waals surface area (Å²) in [6.07, 6.45) is -5.42. The van der Waals surface area contributed by atoms with Gasteiger partial charge in [0.2, 0.25) is 5.91 Å². The fraction of sp³-hybridized carbons (Fsp3) is 0.279. The lowest BCUT2D eigenvalue weighted by Crippen LogP contribution is -2.43. The van der Waals surface area contributed by atoms with Crippen molar-refractivity contribution in [3.8, 4) is 33.5 Å². The number of carbonyl (C=O) groups excluding carboxylic acids is 2. The van der Waals surface area contributed by atoms with Crippen LogP contribution in [0.2, 0.25) is 0 Å². The summed E-state index contributed by atoms with van der Waals surface area (Å²) in [5, 5.41) is 12.9. The van der Waals surface area contributed by atoms with E-state index < -0.39 is 71.0 Å². The van der Waals surface area contributed by atoms with Crippen LogP contribution in [0.15, 0.2) is 66.7 Å². The van der Waals surface area contributed by atoms with Crippen molar-refractivity contribution in [3.05, 3.63) is 118 Å². The molecule has 3 aromatic carbocycles. The summed E-state index contributed by atoms with van der Waals surface area (Å²) < 4.78 is 104. The molecule has 3 aromatic heterocycles. The molecule has 61 heavy (non-hydrogen) atoms. The molecule has 10 rings (SSSR count). The fourth-order valence-electron chi connectivity index (χ4n) is 8.55. The van der Waals surface area contributed by atoms with Gasteiger partial charge in [-0.3, -0.25) is 14.3 Å². The highest BCUT2D eigenvalue weighted by Gasteiger charge is 2.62. The van der Waals surface area contributed by atoms with Crippen molar-refractivity contribution in [1.82, 2.24) is 35.7 Å². The summed E-state index contributed by atoms with van der Waals surface area (Å²) in [4.78, 5) is 38.9. The average molecular weight is 857 g/mol. The van der Waals surface area contributed by atoms with Gasteiger partial charge in [-0.1, -0.05) is 24.0 Å². The van der Waals surface area contributed by atoms with Gasteiger partial charge >= 0.3 is 12.1 Å². The molecule has 4 aliphatic rings. The van der Waals surface area contributed by atoms with Crippen molar-refractivity contribution in [2.75, 3.05) is 31.1 Å². The lowest BCUT2D eigenvalue weighted by atomic mass is 9.84. The van der Waals surface area contributed by atoms with Crippen LogP contribution in [-0.2, 0) is 36.4 Å². The van der Waals surface area contributed by atoms with Crippen molar-refractivity contribution in [2.45, 2.75) is 43.6 Å². The van der Waals surface area contributed by atoms with Gasteiger partial charge in [-0.25, -0.2) is 18.7 Å². The van der Waals surface area contributed by atoms with Crippen LogP contribution < -0.4 is 20.9 Å². The van der Waals surface area contributed by atoms with Gasteiger partial charge < -0.3 is 20.9 Å². The first-order valence-corrected chi connectivity index (χ1v) is 20.1. The molecule has 0 saturated carbocycles. The van der Waals surface area contributed by atoms with Crippen molar-refractivity contribution >= 4 is 39.2 Å². The number of fused-ring (bicyclic) bond motifs is 5. The van der Waals surface area contributed by atoms with Crippen LogP contribution in [0.3, 0.4) is 0 Å². The van der Waals surface area contributed by atoms with Gasteiger partial charge in [0.25, 0.3) is 5.91 Å². The minimum absolute atomic E-state index is 0.0760. The number of piperazine rings is 1. The number of nitrogens with zero attached hydrogens (tertiary/aromatic N) is 5. The Hall–Kier alpha value is -6.32. The van der Waals surface area contributed by atoms with Gasteiger partial charge in [0.15, 0.2) is 11.3 Å². The second kappa shape index (κ2) is 14.4. The van der Waals surface area contributed by atoms with Crippen LogP contribution in [0, 0.1) is 29.4 Å². The number of pyridine rings is 1. The first-order chi connectivity index (χ1) is 29.2. The standard InChI is InChI=1S/C43H31F7N8O2S/c44-25-13-21(14-26(45)17-25)15-32(53-34(59)20-58-38-35(37(56-58)43(48,49)50)28-7-8-31(28)42(38,46)47)36-29(23-1-2-24-19-52-40(60)30(24)16-23)18-33-39(54-36)55-41(61-33)22-3-5-27(6-4-22)57-11-9-51-10-12-57/h1-6,13-14,16-18,28,31-32,51H,9-12,15,19-20H2,(H,52,60)(H,53,59)/t28-,31+,32-/m0/s1. The third-order valence-corrected chi connectivity index (χ3v) is 12.5. The SMILES string of the molecule is O=C(Cn1nc(C(F)(F)F)c2c1C(F)(F)[C@@H]1C#C[C@H]21)N[C@@H](Cc1cc(F)cc(F)c1)c1nc2nc(-c3ccc(N4CCNCC4)cc3)sc2cc1-c1ccc2c(c1)C(=O)NC2. The van der Waals surface area contributed by atoms with Gasteiger partial charge in [-0.2, -0.15) is 27.1 Å². The molecule has 18 heteroatoms. The van der Waals surface area contributed by atoms with Crippen molar-refractivity contribution in [1.29, 1.82) is 0 Å². The van der Waals surface area contributed by atoms with E-state index in [2.05, 4.69) is 37.8 Å². The van der Waals surface area contributed by atoms with Gasteiger partial charge in [-0.05, 0) is 71.6 Å². The number of benzene rings is 3. The average Bonchev–Trinajstić information content (AvgIpc) is 3.94. The molecule has 0 unspecified atom stereocenters. The zero-order valence-corrected chi connectivity index (χ0v) is 32.5. The molecule has 2 aliphatic carbocycles. The zero-order chi connectivity index (χ0) is 42.4. The number of anilines is 1. The number of hydrogen-bond donors (Lipinski definition) is 3. The number of halogens is 7. The molecule has 10 nitrogen and oxygen atoms in total. The minimum Gasteiger partial charge on any atom is -0.369 e. The Morgan fingerprint density at radius 2 is 1.69 bits per heavy atom. The number of thiazole rings is 1.